The van der Waals surface area contributed by atoms with Gasteiger partial charge in [0, 0.05) is 20.2 Å². The number of nitrogens with zero attached hydrogens (tertiary/aromatic N) is 2. The summed E-state index contributed by atoms with van der Waals surface area (Å²) in [7, 11) is 3.35. The molecule has 5 nitrogen and oxygen atoms in total. The van der Waals surface area contributed by atoms with E-state index in [0.717, 1.165) is 0 Å². The molecule has 0 amide bonds. The van der Waals surface area contributed by atoms with Gasteiger partial charge in [0.1, 0.15) is 12.4 Å². The van der Waals surface area contributed by atoms with E-state index in [4.69, 9.17) is 15.9 Å². The average Bonchev–Trinajstić information content (AvgIpc) is 2.29. The van der Waals surface area contributed by atoms with Gasteiger partial charge in [-0.2, -0.15) is 4.98 Å². The molecule has 1 atom stereocenters. The Kier molecular flexibility index (Phi) is 4.55. The number of methoxy groups -OCH3 is 1. The molecule has 86 valence electrons. The number of aromatic nitrogens is 2. The normalized spacial score (nSPS) is 11.6. The highest BCUT2D eigenvalue weighted by atomic mass is 16.5. The number of rotatable bonds is 5. The van der Waals surface area contributed by atoms with Crippen LogP contribution >= 0.6 is 0 Å². The topological polar surface area (TPSA) is 56.3 Å². The molecule has 1 heterocycles. The third-order valence-corrected chi connectivity index (χ3v) is 1.81. The zero-order chi connectivity index (χ0) is 12.0. The van der Waals surface area contributed by atoms with Crippen LogP contribution < -0.4 is 10.1 Å². The quantitative estimate of drug-likeness (QED) is 0.753. The summed E-state index contributed by atoms with van der Waals surface area (Å²) in [5.41, 5.74) is 0. The van der Waals surface area contributed by atoms with Gasteiger partial charge in [-0.3, -0.25) is 0 Å². The molecular formula is C11H15N3O2. The SMILES string of the molecule is C#CC(C)Oc1cc(NC)nc(COC)n1. The van der Waals surface area contributed by atoms with Crippen molar-refractivity contribution in [3.05, 3.63) is 11.9 Å². The molecule has 0 fully saturated rings. The van der Waals surface area contributed by atoms with Crippen LogP contribution in [0.2, 0.25) is 0 Å². The van der Waals surface area contributed by atoms with E-state index in [-0.39, 0.29) is 6.10 Å². The van der Waals surface area contributed by atoms with Crippen LogP contribution in [-0.4, -0.2) is 30.2 Å². The van der Waals surface area contributed by atoms with Crippen LogP contribution in [0, 0.1) is 12.3 Å². The third-order valence-electron chi connectivity index (χ3n) is 1.81. The fourth-order valence-corrected chi connectivity index (χ4v) is 1.07. The van der Waals surface area contributed by atoms with Crippen LogP contribution in [0.4, 0.5) is 5.82 Å². The summed E-state index contributed by atoms with van der Waals surface area (Å²) < 4.78 is 10.4. The lowest BCUT2D eigenvalue weighted by Gasteiger charge is -2.10. The molecule has 0 aromatic carbocycles. The maximum Gasteiger partial charge on any atom is 0.220 e. The van der Waals surface area contributed by atoms with Gasteiger partial charge in [-0.15, -0.1) is 6.42 Å². The van der Waals surface area contributed by atoms with Crippen molar-refractivity contribution >= 4 is 5.82 Å². The Balaban J connectivity index is 2.91. The Morgan fingerprint density at radius 1 is 1.56 bits per heavy atom. The second kappa shape index (κ2) is 5.93. The first-order valence-electron chi connectivity index (χ1n) is 4.87. The molecule has 16 heavy (non-hydrogen) atoms. The minimum atomic E-state index is -0.324. The minimum absolute atomic E-state index is 0.324. The van der Waals surface area contributed by atoms with Crippen LogP contribution in [0.3, 0.4) is 0 Å². The smallest absolute Gasteiger partial charge is 0.220 e. The first kappa shape index (κ1) is 12.3. The molecule has 1 rings (SSSR count). The second-order valence-corrected chi connectivity index (χ2v) is 3.12. The molecule has 0 saturated carbocycles. The lowest BCUT2D eigenvalue weighted by molar-refractivity contribution is 0.175. The number of terminal acetylenes is 1. The fourth-order valence-electron chi connectivity index (χ4n) is 1.07. The van der Waals surface area contributed by atoms with Crippen LogP contribution in [0.5, 0.6) is 5.88 Å². The van der Waals surface area contributed by atoms with Crippen molar-refractivity contribution < 1.29 is 9.47 Å². The van der Waals surface area contributed by atoms with Crippen molar-refractivity contribution in [2.75, 3.05) is 19.5 Å². The van der Waals surface area contributed by atoms with Crippen molar-refractivity contribution in [1.29, 1.82) is 0 Å². The first-order valence-corrected chi connectivity index (χ1v) is 4.87. The highest BCUT2D eigenvalue weighted by Crippen LogP contribution is 2.14. The van der Waals surface area contributed by atoms with E-state index in [9.17, 15) is 0 Å². The van der Waals surface area contributed by atoms with E-state index in [1.165, 1.54) is 0 Å². The predicted molar refractivity (Wildman–Crippen MR) is 61.2 cm³/mol. The van der Waals surface area contributed by atoms with Crippen LogP contribution in [-0.2, 0) is 11.3 Å². The zero-order valence-electron chi connectivity index (χ0n) is 9.65. The van der Waals surface area contributed by atoms with Crippen molar-refractivity contribution in [2.24, 2.45) is 0 Å². The van der Waals surface area contributed by atoms with Gasteiger partial charge in [0.15, 0.2) is 11.9 Å². The molecular weight excluding hydrogens is 206 g/mol. The van der Waals surface area contributed by atoms with Gasteiger partial charge in [0.25, 0.3) is 0 Å². The molecule has 1 aromatic heterocycles. The van der Waals surface area contributed by atoms with Crippen LogP contribution in [0.25, 0.3) is 0 Å². The molecule has 5 heteroatoms. The van der Waals surface area contributed by atoms with Crippen LogP contribution in [0.15, 0.2) is 6.07 Å². The number of ether oxygens (including phenoxy) is 2. The number of hydrogen-bond donors (Lipinski definition) is 1. The Hall–Kier alpha value is -1.80. The average molecular weight is 221 g/mol. The molecule has 1 aromatic rings. The van der Waals surface area contributed by atoms with Crippen molar-refractivity contribution in [3.63, 3.8) is 0 Å². The van der Waals surface area contributed by atoms with E-state index in [0.29, 0.717) is 24.1 Å². The van der Waals surface area contributed by atoms with Gasteiger partial charge in [-0.05, 0) is 6.92 Å². The molecule has 0 aliphatic carbocycles. The van der Waals surface area contributed by atoms with E-state index < -0.39 is 0 Å². The second-order valence-electron chi connectivity index (χ2n) is 3.12. The first-order chi connectivity index (χ1) is 7.69. The molecule has 1 unspecified atom stereocenters. The van der Waals surface area contributed by atoms with E-state index in [1.54, 1.807) is 27.1 Å². The summed E-state index contributed by atoms with van der Waals surface area (Å²) in [4.78, 5) is 8.36. The summed E-state index contributed by atoms with van der Waals surface area (Å²) in [6.45, 7) is 2.10. The van der Waals surface area contributed by atoms with Gasteiger partial charge < -0.3 is 14.8 Å². The summed E-state index contributed by atoms with van der Waals surface area (Å²) in [6.07, 6.45) is 4.90. The lowest BCUT2D eigenvalue weighted by atomic mass is 10.4. The molecule has 0 radical (unpaired) electrons. The highest BCUT2D eigenvalue weighted by molar-refractivity contribution is 5.37. The fraction of sp³-hybridized carbons (Fsp3) is 0.455. The predicted octanol–water partition coefficient (Wildman–Crippen LogP) is 1.07. The molecule has 1 N–H and O–H groups in total. The van der Waals surface area contributed by atoms with Gasteiger partial charge in [0.2, 0.25) is 5.88 Å². The Morgan fingerprint density at radius 3 is 2.88 bits per heavy atom. The third kappa shape index (κ3) is 3.41. The standard InChI is InChI=1S/C11H15N3O2/c1-5-8(2)16-11-6-9(12-3)13-10(14-11)7-15-4/h1,6,8H,7H2,2-4H3,(H,12,13,14). The molecule has 0 bridgehead atoms. The Morgan fingerprint density at radius 2 is 2.31 bits per heavy atom. The van der Waals surface area contributed by atoms with Gasteiger partial charge in [0.05, 0.1) is 0 Å². The summed E-state index contributed by atoms with van der Waals surface area (Å²) in [6, 6.07) is 1.69. The Bertz CT molecular complexity index is 387. The summed E-state index contributed by atoms with van der Waals surface area (Å²) in [5.74, 6) is 4.13. The molecule has 0 aliphatic rings. The van der Waals surface area contributed by atoms with E-state index in [1.807, 2.05) is 0 Å². The van der Waals surface area contributed by atoms with E-state index in [2.05, 4.69) is 21.2 Å². The highest BCUT2D eigenvalue weighted by Gasteiger charge is 2.06. The van der Waals surface area contributed by atoms with Gasteiger partial charge >= 0.3 is 0 Å². The zero-order valence-corrected chi connectivity index (χ0v) is 9.65. The lowest BCUT2D eigenvalue weighted by Crippen LogP contribution is -2.11. The van der Waals surface area contributed by atoms with Gasteiger partial charge in [-0.1, -0.05) is 5.92 Å². The number of anilines is 1. The van der Waals surface area contributed by atoms with Crippen molar-refractivity contribution in [2.45, 2.75) is 19.6 Å². The van der Waals surface area contributed by atoms with E-state index >= 15 is 0 Å². The molecule has 0 saturated heterocycles. The molecule has 0 spiro atoms. The summed E-state index contributed by atoms with van der Waals surface area (Å²) >= 11 is 0. The summed E-state index contributed by atoms with van der Waals surface area (Å²) in [5, 5.41) is 2.92. The number of nitrogens with one attached hydrogen (secondary N) is 1. The van der Waals surface area contributed by atoms with Gasteiger partial charge in [-0.25, -0.2) is 4.98 Å². The maximum absolute atomic E-state index is 5.41. The van der Waals surface area contributed by atoms with Crippen LogP contribution in [0.1, 0.15) is 12.7 Å². The monoisotopic (exact) mass is 221 g/mol. The van der Waals surface area contributed by atoms with Crippen molar-refractivity contribution in [1.82, 2.24) is 9.97 Å². The number of hydrogen-bond acceptors (Lipinski definition) is 5. The maximum atomic E-state index is 5.41. The Labute approximate surface area is 95.2 Å². The van der Waals surface area contributed by atoms with Crippen molar-refractivity contribution in [3.8, 4) is 18.2 Å². The molecule has 0 aliphatic heterocycles. The minimum Gasteiger partial charge on any atom is -0.461 e. The largest absolute Gasteiger partial charge is 0.461 e.